The van der Waals surface area contributed by atoms with E-state index in [-0.39, 0.29) is 11.4 Å². The molecule has 0 fully saturated rings. The summed E-state index contributed by atoms with van der Waals surface area (Å²) in [6.07, 6.45) is -1.92. The number of halogens is 2. The Morgan fingerprint density at radius 2 is 1.89 bits per heavy atom. The van der Waals surface area contributed by atoms with Crippen LogP contribution in [0, 0.1) is 0 Å². The molecule has 3 nitrogen and oxygen atoms in total. The lowest BCUT2D eigenvalue weighted by Crippen LogP contribution is -2.10. The van der Waals surface area contributed by atoms with Gasteiger partial charge < -0.3 is 4.74 Å². The van der Waals surface area contributed by atoms with Gasteiger partial charge in [0.15, 0.2) is 0 Å². The third-order valence-corrected chi connectivity index (χ3v) is 2.45. The van der Waals surface area contributed by atoms with Crippen LogP contribution < -0.4 is 4.74 Å². The molecule has 1 aromatic heterocycles. The molecule has 2 rings (SSSR count). The van der Waals surface area contributed by atoms with Crippen molar-refractivity contribution in [2.24, 2.45) is 0 Å². The zero-order chi connectivity index (χ0) is 13.7. The van der Waals surface area contributed by atoms with E-state index >= 15 is 0 Å². The van der Waals surface area contributed by atoms with Crippen LogP contribution in [0.15, 0.2) is 48.7 Å². The minimum absolute atomic E-state index is 0.123. The molecule has 0 saturated carbocycles. The first-order valence-electron chi connectivity index (χ1n) is 5.62. The quantitative estimate of drug-likeness (QED) is 0.778. The number of pyridine rings is 1. The molecule has 0 unspecified atom stereocenters. The molecule has 0 amide bonds. The van der Waals surface area contributed by atoms with Gasteiger partial charge in [0, 0.05) is 17.8 Å². The van der Waals surface area contributed by atoms with E-state index in [0.29, 0.717) is 6.61 Å². The third-order valence-electron chi connectivity index (χ3n) is 2.45. The zero-order valence-corrected chi connectivity index (χ0v) is 9.92. The smallest absolute Gasteiger partial charge is 0.300 e. The van der Waals surface area contributed by atoms with Crippen molar-refractivity contribution in [3.05, 3.63) is 59.8 Å². The van der Waals surface area contributed by atoms with E-state index in [1.165, 1.54) is 12.1 Å². The molecule has 1 heterocycles. The third kappa shape index (κ3) is 3.58. The summed E-state index contributed by atoms with van der Waals surface area (Å²) in [7, 11) is 0. The molecule has 0 radical (unpaired) electrons. The van der Waals surface area contributed by atoms with E-state index in [2.05, 4.69) is 4.98 Å². The number of ether oxygens (including phenoxy) is 1. The number of ketones is 1. The first-order valence-corrected chi connectivity index (χ1v) is 5.62. The highest BCUT2D eigenvalue weighted by Gasteiger charge is 2.17. The predicted molar refractivity (Wildman–Crippen MR) is 65.3 cm³/mol. The molecule has 1 aromatic carbocycles. The summed E-state index contributed by atoms with van der Waals surface area (Å²) in [4.78, 5) is 14.8. The number of hydrogen-bond donors (Lipinski definition) is 0. The Hall–Kier alpha value is -2.30. The molecule has 19 heavy (non-hydrogen) atoms. The second-order valence-corrected chi connectivity index (χ2v) is 3.82. The maximum atomic E-state index is 12.2. The Kier molecular flexibility index (Phi) is 4.18. The molecular formula is C14H11F2NO2. The minimum atomic E-state index is -3.02. The molecule has 98 valence electrons. The van der Waals surface area contributed by atoms with Crippen LogP contribution in [0.2, 0.25) is 0 Å². The fourth-order valence-electron chi connectivity index (χ4n) is 1.47. The molecular weight excluding hydrogens is 252 g/mol. The second kappa shape index (κ2) is 6.04. The van der Waals surface area contributed by atoms with Crippen molar-refractivity contribution < 1.29 is 18.3 Å². The lowest BCUT2D eigenvalue weighted by molar-refractivity contribution is 0.0678. The fourth-order valence-corrected chi connectivity index (χ4v) is 1.47. The summed E-state index contributed by atoms with van der Waals surface area (Å²) in [5.41, 5.74) is 0.846. The van der Waals surface area contributed by atoms with Gasteiger partial charge in [0.05, 0.1) is 0 Å². The van der Waals surface area contributed by atoms with Gasteiger partial charge in [-0.15, -0.1) is 0 Å². The standard InChI is InChI=1S/C14H11F2NO2/c15-14(16)13(18)11-6-7-12(17-8-11)19-9-10-4-2-1-3-5-10/h1-8,14H,9H2. The average Bonchev–Trinajstić information content (AvgIpc) is 2.46. The van der Waals surface area contributed by atoms with Crippen LogP contribution >= 0.6 is 0 Å². The van der Waals surface area contributed by atoms with Crippen LogP contribution in [-0.4, -0.2) is 17.2 Å². The first-order chi connectivity index (χ1) is 9.16. The van der Waals surface area contributed by atoms with Gasteiger partial charge in [0.1, 0.15) is 6.61 Å². The van der Waals surface area contributed by atoms with Gasteiger partial charge in [-0.1, -0.05) is 30.3 Å². The number of alkyl halides is 2. The van der Waals surface area contributed by atoms with E-state index in [9.17, 15) is 13.6 Å². The highest BCUT2D eigenvalue weighted by Crippen LogP contribution is 2.12. The summed E-state index contributed by atoms with van der Waals surface area (Å²) in [6.45, 7) is 0.329. The van der Waals surface area contributed by atoms with Crippen molar-refractivity contribution in [3.8, 4) is 5.88 Å². The Morgan fingerprint density at radius 3 is 2.47 bits per heavy atom. The van der Waals surface area contributed by atoms with Crippen molar-refractivity contribution in [2.75, 3.05) is 0 Å². The average molecular weight is 263 g/mol. The first kappa shape index (κ1) is 13.1. The van der Waals surface area contributed by atoms with Crippen LogP contribution in [0.3, 0.4) is 0 Å². The lowest BCUT2D eigenvalue weighted by atomic mass is 10.2. The van der Waals surface area contributed by atoms with E-state index in [1.807, 2.05) is 30.3 Å². The van der Waals surface area contributed by atoms with E-state index in [4.69, 9.17) is 4.74 Å². The number of benzene rings is 1. The summed E-state index contributed by atoms with van der Waals surface area (Å²) in [5, 5.41) is 0. The molecule has 0 aliphatic rings. The number of rotatable bonds is 5. The highest BCUT2D eigenvalue weighted by molar-refractivity contribution is 5.98. The normalized spacial score (nSPS) is 10.5. The summed E-state index contributed by atoms with van der Waals surface area (Å²) >= 11 is 0. The summed E-state index contributed by atoms with van der Waals surface area (Å²) in [5.74, 6) is -0.947. The number of carbonyl (C=O) groups excluding carboxylic acids is 1. The topological polar surface area (TPSA) is 39.2 Å². The van der Waals surface area contributed by atoms with Crippen molar-refractivity contribution in [1.82, 2.24) is 4.98 Å². The highest BCUT2D eigenvalue weighted by atomic mass is 19.3. The number of hydrogen-bond acceptors (Lipinski definition) is 3. The van der Waals surface area contributed by atoms with Gasteiger partial charge in [-0.2, -0.15) is 0 Å². The number of Topliss-reactive ketones (excluding diaryl/α,β-unsaturated/α-hetero) is 1. The summed E-state index contributed by atoms with van der Waals surface area (Å²) in [6, 6.07) is 12.1. The summed E-state index contributed by atoms with van der Waals surface area (Å²) < 4.78 is 29.7. The molecule has 0 atom stereocenters. The van der Waals surface area contributed by atoms with Crippen LogP contribution in [0.5, 0.6) is 5.88 Å². The van der Waals surface area contributed by atoms with Gasteiger partial charge in [-0.25, -0.2) is 13.8 Å². The maximum absolute atomic E-state index is 12.2. The Bertz CT molecular complexity index is 541. The number of nitrogens with zero attached hydrogens (tertiary/aromatic N) is 1. The molecule has 0 bridgehead atoms. The molecule has 2 aromatic rings. The van der Waals surface area contributed by atoms with Gasteiger partial charge >= 0.3 is 6.43 Å². The molecule has 0 saturated heterocycles. The molecule has 0 spiro atoms. The van der Waals surface area contributed by atoms with Crippen LogP contribution in [0.4, 0.5) is 8.78 Å². The van der Waals surface area contributed by atoms with E-state index < -0.39 is 12.2 Å². The van der Waals surface area contributed by atoms with Crippen LogP contribution in [-0.2, 0) is 6.61 Å². The van der Waals surface area contributed by atoms with E-state index in [1.54, 1.807) is 0 Å². The van der Waals surface area contributed by atoms with Crippen molar-refractivity contribution in [2.45, 2.75) is 13.0 Å². The largest absolute Gasteiger partial charge is 0.473 e. The second-order valence-electron chi connectivity index (χ2n) is 3.82. The van der Waals surface area contributed by atoms with E-state index in [0.717, 1.165) is 11.8 Å². The molecule has 5 heteroatoms. The van der Waals surface area contributed by atoms with Gasteiger partial charge in [0.25, 0.3) is 0 Å². The van der Waals surface area contributed by atoms with Gasteiger partial charge in [-0.05, 0) is 11.6 Å². The minimum Gasteiger partial charge on any atom is -0.473 e. The Balaban J connectivity index is 1.98. The van der Waals surface area contributed by atoms with Crippen molar-refractivity contribution in [3.63, 3.8) is 0 Å². The molecule has 0 aliphatic heterocycles. The Morgan fingerprint density at radius 1 is 1.16 bits per heavy atom. The van der Waals surface area contributed by atoms with Crippen molar-refractivity contribution >= 4 is 5.78 Å². The predicted octanol–water partition coefficient (Wildman–Crippen LogP) is 3.11. The van der Waals surface area contributed by atoms with Gasteiger partial charge in [0.2, 0.25) is 11.7 Å². The Labute approximate surface area is 108 Å². The van der Waals surface area contributed by atoms with Crippen molar-refractivity contribution in [1.29, 1.82) is 0 Å². The van der Waals surface area contributed by atoms with Crippen LogP contribution in [0.1, 0.15) is 15.9 Å². The SMILES string of the molecule is O=C(c1ccc(OCc2ccccc2)nc1)C(F)F. The molecule has 0 aliphatic carbocycles. The fraction of sp³-hybridized carbons (Fsp3) is 0.143. The monoisotopic (exact) mass is 263 g/mol. The van der Waals surface area contributed by atoms with Crippen LogP contribution in [0.25, 0.3) is 0 Å². The van der Waals surface area contributed by atoms with Gasteiger partial charge in [-0.3, -0.25) is 4.79 Å². The zero-order valence-electron chi connectivity index (χ0n) is 9.92. The number of carbonyl (C=O) groups is 1. The number of aromatic nitrogens is 1. The maximum Gasteiger partial charge on any atom is 0.300 e. The molecule has 0 N–H and O–H groups in total. The lowest BCUT2D eigenvalue weighted by Gasteiger charge is -2.05.